The van der Waals surface area contributed by atoms with E-state index in [4.69, 9.17) is 5.26 Å². The summed E-state index contributed by atoms with van der Waals surface area (Å²) in [5.74, 6) is -0.0441. The smallest absolute Gasteiger partial charge is 0.243 e. The topological polar surface area (TPSA) is 44.1 Å². The summed E-state index contributed by atoms with van der Waals surface area (Å²) in [5.41, 5.74) is 0.392. The third-order valence-corrected chi connectivity index (χ3v) is 4.31. The number of hydrogen-bond donors (Lipinski definition) is 0. The zero-order valence-corrected chi connectivity index (χ0v) is 11.3. The van der Waals surface area contributed by atoms with Crippen molar-refractivity contribution >= 4 is 33.2 Å². The highest BCUT2D eigenvalue weighted by Gasteiger charge is 2.51. The summed E-state index contributed by atoms with van der Waals surface area (Å²) < 4.78 is 1.06. The molecule has 1 fully saturated rings. The van der Waals surface area contributed by atoms with E-state index in [0.717, 1.165) is 9.35 Å². The number of hydrogen-bond acceptors (Lipinski definition) is 3. The molecule has 1 saturated carbocycles. The van der Waals surface area contributed by atoms with Crippen molar-refractivity contribution in [2.45, 2.75) is 19.4 Å². The van der Waals surface area contributed by atoms with Gasteiger partial charge in [-0.2, -0.15) is 5.26 Å². The lowest BCUT2D eigenvalue weighted by atomic mass is 10.1. The average molecular weight is 299 g/mol. The highest BCUT2D eigenvalue weighted by atomic mass is 79.9. The van der Waals surface area contributed by atoms with Crippen LogP contribution >= 0.6 is 27.3 Å². The summed E-state index contributed by atoms with van der Waals surface area (Å²) in [4.78, 5) is 13.6. The first kappa shape index (κ1) is 11.6. The second-order valence-corrected chi connectivity index (χ2v) is 6.40. The fourth-order valence-corrected chi connectivity index (χ4v) is 2.84. The van der Waals surface area contributed by atoms with Crippen LogP contribution in [0, 0.1) is 16.7 Å². The molecule has 0 unspecified atom stereocenters. The van der Waals surface area contributed by atoms with E-state index in [9.17, 15) is 4.79 Å². The molecule has 16 heavy (non-hydrogen) atoms. The molecule has 2 rings (SSSR count). The van der Waals surface area contributed by atoms with Crippen LogP contribution in [0.25, 0.3) is 0 Å². The number of carbonyl (C=O) groups excluding carboxylic acids is 1. The van der Waals surface area contributed by atoms with Gasteiger partial charge in [0.2, 0.25) is 5.91 Å². The monoisotopic (exact) mass is 298 g/mol. The minimum absolute atomic E-state index is 0.0441. The Morgan fingerprint density at radius 3 is 2.88 bits per heavy atom. The number of carbonyl (C=O) groups is 1. The number of thiophene rings is 1. The Bertz CT molecular complexity index is 459. The Labute approximate surface area is 107 Å². The summed E-state index contributed by atoms with van der Waals surface area (Å²) in [6.45, 7) is 0.574. The second kappa shape index (κ2) is 4.19. The summed E-state index contributed by atoms with van der Waals surface area (Å²) in [6.07, 6.45) is 1.42. The standard InChI is InChI=1S/C11H11BrN2OS/c1-14(5-8-4-9(12)16-6-8)10(15)11(7-13)2-3-11/h4,6H,2-3,5H2,1H3. The van der Waals surface area contributed by atoms with Gasteiger partial charge in [-0.25, -0.2) is 0 Å². The number of nitrogens with zero attached hydrogens (tertiary/aromatic N) is 2. The van der Waals surface area contributed by atoms with Gasteiger partial charge in [0.05, 0.1) is 9.86 Å². The summed E-state index contributed by atoms with van der Waals surface area (Å²) in [5, 5.41) is 11.0. The van der Waals surface area contributed by atoms with E-state index < -0.39 is 5.41 Å². The molecular weight excluding hydrogens is 288 g/mol. The summed E-state index contributed by atoms with van der Waals surface area (Å²) in [7, 11) is 1.76. The molecule has 0 saturated heterocycles. The van der Waals surface area contributed by atoms with E-state index >= 15 is 0 Å². The Morgan fingerprint density at radius 1 is 1.75 bits per heavy atom. The van der Waals surface area contributed by atoms with Gasteiger partial charge in [-0.3, -0.25) is 4.79 Å². The van der Waals surface area contributed by atoms with Crippen molar-refractivity contribution in [2.75, 3.05) is 7.05 Å². The Kier molecular flexibility index (Phi) is 3.04. The minimum Gasteiger partial charge on any atom is -0.340 e. The van der Waals surface area contributed by atoms with Gasteiger partial charge in [0.25, 0.3) is 0 Å². The summed E-state index contributed by atoms with van der Waals surface area (Å²) in [6, 6.07) is 4.13. The lowest BCUT2D eigenvalue weighted by Crippen LogP contribution is -2.32. The molecule has 3 nitrogen and oxygen atoms in total. The van der Waals surface area contributed by atoms with Crippen LogP contribution in [0.5, 0.6) is 0 Å². The van der Waals surface area contributed by atoms with Gasteiger partial charge in [-0.1, -0.05) is 0 Å². The van der Waals surface area contributed by atoms with E-state index in [0.29, 0.717) is 19.4 Å². The first-order chi connectivity index (χ1) is 7.57. The number of halogens is 1. The van der Waals surface area contributed by atoms with Crippen LogP contribution in [0.1, 0.15) is 18.4 Å². The quantitative estimate of drug-likeness (QED) is 0.861. The van der Waals surface area contributed by atoms with Crippen LogP contribution in [0.3, 0.4) is 0 Å². The molecule has 0 bridgehead atoms. The predicted molar refractivity (Wildman–Crippen MR) is 65.8 cm³/mol. The maximum atomic E-state index is 12.0. The number of amides is 1. The Balaban J connectivity index is 2.01. The lowest BCUT2D eigenvalue weighted by Gasteiger charge is -2.18. The van der Waals surface area contributed by atoms with Crippen molar-refractivity contribution in [3.63, 3.8) is 0 Å². The third kappa shape index (κ3) is 2.13. The maximum absolute atomic E-state index is 12.0. The molecule has 0 aliphatic heterocycles. The predicted octanol–water partition coefficient (Wildman–Crippen LogP) is 2.77. The van der Waals surface area contributed by atoms with Gasteiger partial charge in [-0.15, -0.1) is 11.3 Å². The molecule has 1 heterocycles. The van der Waals surface area contributed by atoms with Crippen molar-refractivity contribution < 1.29 is 4.79 Å². The Morgan fingerprint density at radius 2 is 2.44 bits per heavy atom. The molecular formula is C11H11BrN2OS. The normalized spacial score (nSPS) is 16.6. The molecule has 0 radical (unpaired) electrons. The van der Waals surface area contributed by atoms with Gasteiger partial charge in [0, 0.05) is 13.6 Å². The molecule has 5 heteroatoms. The van der Waals surface area contributed by atoms with Gasteiger partial charge in [-0.05, 0) is 45.8 Å². The molecule has 0 N–H and O–H groups in total. The van der Waals surface area contributed by atoms with Crippen LogP contribution in [-0.4, -0.2) is 17.9 Å². The molecule has 1 aromatic rings. The van der Waals surface area contributed by atoms with Crippen LogP contribution in [0.4, 0.5) is 0 Å². The number of nitriles is 1. The third-order valence-electron chi connectivity index (χ3n) is 2.76. The maximum Gasteiger partial charge on any atom is 0.243 e. The van der Waals surface area contributed by atoms with Crippen LogP contribution in [-0.2, 0) is 11.3 Å². The fraction of sp³-hybridized carbons (Fsp3) is 0.455. The van der Waals surface area contributed by atoms with Crippen molar-refractivity contribution in [3.05, 3.63) is 20.8 Å². The SMILES string of the molecule is CN(Cc1csc(Br)c1)C(=O)C1(C#N)CC1. The van der Waals surface area contributed by atoms with Gasteiger partial charge >= 0.3 is 0 Å². The zero-order chi connectivity index (χ0) is 11.8. The van der Waals surface area contributed by atoms with Gasteiger partial charge < -0.3 is 4.90 Å². The molecule has 0 aromatic carbocycles. The van der Waals surface area contributed by atoms with E-state index in [1.165, 1.54) is 0 Å². The average Bonchev–Trinajstić information content (AvgIpc) is 2.97. The van der Waals surface area contributed by atoms with Crippen LogP contribution in [0.2, 0.25) is 0 Å². The van der Waals surface area contributed by atoms with E-state index in [-0.39, 0.29) is 5.91 Å². The number of rotatable bonds is 3. The van der Waals surface area contributed by atoms with E-state index in [1.807, 2.05) is 11.4 Å². The Hall–Kier alpha value is -0.860. The molecule has 0 spiro atoms. The van der Waals surface area contributed by atoms with Crippen LogP contribution < -0.4 is 0 Å². The van der Waals surface area contributed by atoms with Gasteiger partial charge in [0.1, 0.15) is 5.41 Å². The molecule has 1 aliphatic rings. The van der Waals surface area contributed by atoms with Crippen LogP contribution in [0.15, 0.2) is 15.2 Å². The van der Waals surface area contributed by atoms with Crippen molar-refractivity contribution in [2.24, 2.45) is 5.41 Å². The fourth-order valence-electron chi connectivity index (χ4n) is 1.64. The molecule has 1 aliphatic carbocycles. The zero-order valence-electron chi connectivity index (χ0n) is 8.86. The highest BCUT2D eigenvalue weighted by Crippen LogP contribution is 2.46. The second-order valence-electron chi connectivity index (χ2n) is 4.11. The largest absolute Gasteiger partial charge is 0.340 e. The first-order valence-electron chi connectivity index (χ1n) is 4.97. The van der Waals surface area contributed by atoms with E-state index in [1.54, 1.807) is 23.3 Å². The van der Waals surface area contributed by atoms with Crippen molar-refractivity contribution in [1.29, 1.82) is 5.26 Å². The molecule has 0 atom stereocenters. The minimum atomic E-state index is -0.706. The molecule has 84 valence electrons. The van der Waals surface area contributed by atoms with E-state index in [2.05, 4.69) is 22.0 Å². The van der Waals surface area contributed by atoms with Crippen molar-refractivity contribution in [1.82, 2.24) is 4.90 Å². The summed E-state index contributed by atoms with van der Waals surface area (Å²) >= 11 is 4.99. The molecule has 1 aromatic heterocycles. The lowest BCUT2D eigenvalue weighted by molar-refractivity contribution is -0.134. The van der Waals surface area contributed by atoms with Gasteiger partial charge in [0.15, 0.2) is 0 Å². The first-order valence-corrected chi connectivity index (χ1v) is 6.64. The highest BCUT2D eigenvalue weighted by molar-refractivity contribution is 9.11. The molecule has 1 amide bonds. The van der Waals surface area contributed by atoms with Crippen molar-refractivity contribution in [3.8, 4) is 6.07 Å².